The Morgan fingerprint density at radius 2 is 2.26 bits per heavy atom. The molecular formula is C18H29N3O2. The van der Waals surface area contributed by atoms with Crippen molar-refractivity contribution in [1.82, 2.24) is 10.2 Å². The fourth-order valence-corrected chi connectivity index (χ4v) is 2.85. The van der Waals surface area contributed by atoms with E-state index in [0.29, 0.717) is 12.0 Å². The fourth-order valence-electron chi connectivity index (χ4n) is 2.85. The second-order valence-corrected chi connectivity index (χ2v) is 6.82. The zero-order valence-corrected chi connectivity index (χ0v) is 14.7. The van der Waals surface area contributed by atoms with Crippen LogP contribution in [0.15, 0.2) is 29.3 Å². The van der Waals surface area contributed by atoms with E-state index in [-0.39, 0.29) is 0 Å². The number of methoxy groups -OCH3 is 1. The van der Waals surface area contributed by atoms with Gasteiger partial charge in [0.25, 0.3) is 0 Å². The summed E-state index contributed by atoms with van der Waals surface area (Å²) in [6, 6.07) is 7.51. The summed E-state index contributed by atoms with van der Waals surface area (Å²) in [5.41, 5.74) is 1.15. The molecule has 0 amide bonds. The summed E-state index contributed by atoms with van der Waals surface area (Å²) in [6.07, 6.45) is 0.532. The number of aliphatic hydroxyl groups excluding tert-OH is 1. The standard InChI is InChI=1S/C18H29N3O2/c1-5-19-17(21-10-9-18(2,3)13-21)20-12-16(22)14-7-6-8-15(11-14)23-4/h6-8,11,16,22H,5,9-10,12-13H2,1-4H3,(H,19,20). The summed E-state index contributed by atoms with van der Waals surface area (Å²) in [7, 11) is 1.63. The zero-order chi connectivity index (χ0) is 16.9. The first-order valence-corrected chi connectivity index (χ1v) is 8.30. The summed E-state index contributed by atoms with van der Waals surface area (Å²) in [5, 5.41) is 13.7. The Bertz CT molecular complexity index is 543. The molecule has 2 rings (SSSR count). The van der Waals surface area contributed by atoms with Crippen LogP contribution in [0.4, 0.5) is 0 Å². The molecule has 0 aromatic heterocycles. The van der Waals surface area contributed by atoms with Gasteiger partial charge in [0, 0.05) is 19.6 Å². The maximum atomic E-state index is 10.4. The Kier molecular flexibility index (Phi) is 5.88. The molecule has 2 N–H and O–H groups in total. The Morgan fingerprint density at radius 3 is 2.87 bits per heavy atom. The molecule has 1 atom stereocenters. The molecule has 5 heteroatoms. The average molecular weight is 319 g/mol. The van der Waals surface area contributed by atoms with E-state index < -0.39 is 6.10 Å². The number of aliphatic imine (C=N–C) groups is 1. The number of guanidine groups is 1. The molecule has 1 fully saturated rings. The van der Waals surface area contributed by atoms with Crippen LogP contribution in [-0.2, 0) is 0 Å². The van der Waals surface area contributed by atoms with Crippen LogP contribution in [0.25, 0.3) is 0 Å². The molecule has 0 saturated carbocycles. The summed E-state index contributed by atoms with van der Waals surface area (Å²) >= 11 is 0. The first-order chi connectivity index (χ1) is 10.9. The van der Waals surface area contributed by atoms with Gasteiger partial charge >= 0.3 is 0 Å². The molecule has 1 saturated heterocycles. The van der Waals surface area contributed by atoms with E-state index in [2.05, 4.69) is 36.0 Å². The molecule has 0 bridgehead atoms. The molecule has 1 unspecified atom stereocenters. The third-order valence-corrected chi connectivity index (χ3v) is 4.20. The van der Waals surface area contributed by atoms with E-state index >= 15 is 0 Å². The molecule has 1 aromatic carbocycles. The molecule has 1 aromatic rings. The highest BCUT2D eigenvalue weighted by atomic mass is 16.5. The van der Waals surface area contributed by atoms with Gasteiger partial charge in [-0.25, -0.2) is 0 Å². The smallest absolute Gasteiger partial charge is 0.194 e. The topological polar surface area (TPSA) is 57.1 Å². The quantitative estimate of drug-likeness (QED) is 0.646. The number of hydrogen-bond acceptors (Lipinski definition) is 3. The summed E-state index contributed by atoms with van der Waals surface area (Å²) in [4.78, 5) is 6.91. The van der Waals surface area contributed by atoms with Crippen LogP contribution in [0.1, 0.15) is 38.9 Å². The van der Waals surface area contributed by atoms with Crippen molar-refractivity contribution in [3.63, 3.8) is 0 Å². The predicted molar refractivity (Wildman–Crippen MR) is 93.9 cm³/mol. The van der Waals surface area contributed by atoms with Gasteiger partial charge < -0.3 is 20.1 Å². The van der Waals surface area contributed by atoms with E-state index in [0.717, 1.165) is 43.3 Å². The first kappa shape index (κ1) is 17.6. The van der Waals surface area contributed by atoms with Gasteiger partial charge in [-0.15, -0.1) is 0 Å². The van der Waals surface area contributed by atoms with Gasteiger partial charge in [-0.3, -0.25) is 4.99 Å². The van der Waals surface area contributed by atoms with Crippen LogP contribution in [0.5, 0.6) is 5.75 Å². The minimum absolute atomic E-state index is 0.321. The van der Waals surface area contributed by atoms with Gasteiger partial charge in [0.05, 0.1) is 19.8 Å². The molecule has 1 aliphatic rings. The minimum Gasteiger partial charge on any atom is -0.497 e. The molecule has 128 valence electrons. The molecule has 0 radical (unpaired) electrons. The monoisotopic (exact) mass is 319 g/mol. The maximum Gasteiger partial charge on any atom is 0.194 e. The number of rotatable bonds is 5. The lowest BCUT2D eigenvalue weighted by molar-refractivity contribution is 0.186. The van der Waals surface area contributed by atoms with E-state index in [1.54, 1.807) is 7.11 Å². The van der Waals surface area contributed by atoms with Gasteiger partial charge in [-0.05, 0) is 36.5 Å². The van der Waals surface area contributed by atoms with Crippen LogP contribution in [0, 0.1) is 5.41 Å². The highest BCUT2D eigenvalue weighted by Gasteiger charge is 2.30. The minimum atomic E-state index is -0.630. The second-order valence-electron chi connectivity index (χ2n) is 6.82. The molecule has 0 spiro atoms. The van der Waals surface area contributed by atoms with Crippen molar-refractivity contribution < 1.29 is 9.84 Å². The van der Waals surface area contributed by atoms with E-state index in [9.17, 15) is 5.11 Å². The van der Waals surface area contributed by atoms with Crippen LogP contribution >= 0.6 is 0 Å². The van der Waals surface area contributed by atoms with Crippen LogP contribution in [0.2, 0.25) is 0 Å². The number of benzene rings is 1. The van der Waals surface area contributed by atoms with Gasteiger partial charge in [0.2, 0.25) is 0 Å². The van der Waals surface area contributed by atoms with Crippen molar-refractivity contribution in [2.24, 2.45) is 10.4 Å². The van der Waals surface area contributed by atoms with E-state index in [1.807, 2.05) is 24.3 Å². The van der Waals surface area contributed by atoms with Crippen molar-refractivity contribution in [2.45, 2.75) is 33.3 Å². The number of nitrogens with one attached hydrogen (secondary N) is 1. The number of aliphatic hydroxyl groups is 1. The van der Waals surface area contributed by atoms with Crippen LogP contribution in [0.3, 0.4) is 0 Å². The lowest BCUT2D eigenvalue weighted by Crippen LogP contribution is -2.41. The Balaban J connectivity index is 2.04. The highest BCUT2D eigenvalue weighted by molar-refractivity contribution is 5.80. The number of ether oxygens (including phenoxy) is 1. The normalized spacial score (nSPS) is 18.8. The zero-order valence-electron chi connectivity index (χ0n) is 14.7. The first-order valence-electron chi connectivity index (χ1n) is 8.30. The van der Waals surface area contributed by atoms with Gasteiger partial charge in [0.1, 0.15) is 5.75 Å². The predicted octanol–water partition coefficient (Wildman–Crippen LogP) is 2.43. The lowest BCUT2D eigenvalue weighted by Gasteiger charge is -2.24. The van der Waals surface area contributed by atoms with Crippen molar-refractivity contribution in [3.05, 3.63) is 29.8 Å². The molecule has 23 heavy (non-hydrogen) atoms. The maximum absolute atomic E-state index is 10.4. The largest absolute Gasteiger partial charge is 0.497 e. The Hall–Kier alpha value is -1.75. The third kappa shape index (κ3) is 4.86. The van der Waals surface area contributed by atoms with Crippen molar-refractivity contribution in [3.8, 4) is 5.75 Å². The van der Waals surface area contributed by atoms with Gasteiger partial charge in [-0.2, -0.15) is 0 Å². The summed E-state index contributed by atoms with van der Waals surface area (Å²) in [5.74, 6) is 1.64. The van der Waals surface area contributed by atoms with Crippen molar-refractivity contribution in [1.29, 1.82) is 0 Å². The molecule has 1 heterocycles. The van der Waals surface area contributed by atoms with E-state index in [4.69, 9.17) is 4.74 Å². The van der Waals surface area contributed by atoms with Gasteiger partial charge in [0.15, 0.2) is 5.96 Å². The summed E-state index contributed by atoms with van der Waals surface area (Å²) in [6.45, 7) is 9.79. The average Bonchev–Trinajstić information content (AvgIpc) is 2.91. The fraction of sp³-hybridized carbons (Fsp3) is 0.611. The highest BCUT2D eigenvalue weighted by Crippen LogP contribution is 2.28. The van der Waals surface area contributed by atoms with Crippen LogP contribution < -0.4 is 10.1 Å². The molecule has 1 aliphatic heterocycles. The molecule has 5 nitrogen and oxygen atoms in total. The third-order valence-electron chi connectivity index (χ3n) is 4.20. The lowest BCUT2D eigenvalue weighted by atomic mass is 9.93. The molecular weight excluding hydrogens is 290 g/mol. The Labute approximate surface area is 139 Å². The summed E-state index contributed by atoms with van der Waals surface area (Å²) < 4.78 is 5.21. The number of likely N-dealkylation sites (tertiary alicyclic amines) is 1. The number of hydrogen-bond donors (Lipinski definition) is 2. The van der Waals surface area contributed by atoms with E-state index in [1.165, 1.54) is 0 Å². The van der Waals surface area contributed by atoms with Crippen LogP contribution in [-0.4, -0.2) is 49.3 Å². The van der Waals surface area contributed by atoms with Gasteiger partial charge in [-0.1, -0.05) is 26.0 Å². The van der Waals surface area contributed by atoms with Crippen molar-refractivity contribution in [2.75, 3.05) is 33.3 Å². The molecule has 0 aliphatic carbocycles. The second kappa shape index (κ2) is 7.68. The Morgan fingerprint density at radius 1 is 1.48 bits per heavy atom. The SMILES string of the molecule is CCNC(=NCC(O)c1cccc(OC)c1)N1CCC(C)(C)C1. The number of nitrogens with zero attached hydrogens (tertiary/aromatic N) is 2. The van der Waals surface area contributed by atoms with Crippen molar-refractivity contribution >= 4 is 5.96 Å².